The van der Waals surface area contributed by atoms with Crippen molar-refractivity contribution in [3.63, 3.8) is 0 Å². The summed E-state index contributed by atoms with van der Waals surface area (Å²) in [4.78, 5) is 0. The molecule has 1 heterocycles. The summed E-state index contributed by atoms with van der Waals surface area (Å²) in [5.41, 5.74) is 0.513. The third kappa shape index (κ3) is 2.67. The first kappa shape index (κ1) is 11.7. The SMILES string of the molecule is CCC(NC1CCC(C)(C)C1)c1ccco1. The second-order valence-corrected chi connectivity index (χ2v) is 5.75. The summed E-state index contributed by atoms with van der Waals surface area (Å²) in [5.74, 6) is 1.08. The van der Waals surface area contributed by atoms with Gasteiger partial charge in [0.05, 0.1) is 12.3 Å². The standard InChI is InChI=1S/C14H23NO/c1-4-12(13-6-5-9-16-13)15-11-7-8-14(2,3)10-11/h5-6,9,11-12,15H,4,7-8,10H2,1-3H3. The van der Waals surface area contributed by atoms with E-state index in [1.165, 1.54) is 19.3 Å². The molecule has 90 valence electrons. The van der Waals surface area contributed by atoms with Crippen LogP contribution in [0.5, 0.6) is 0 Å². The molecule has 0 amide bonds. The number of nitrogens with one attached hydrogen (secondary N) is 1. The van der Waals surface area contributed by atoms with Crippen molar-refractivity contribution in [3.05, 3.63) is 24.2 Å². The van der Waals surface area contributed by atoms with Gasteiger partial charge in [-0.2, -0.15) is 0 Å². The van der Waals surface area contributed by atoms with E-state index in [4.69, 9.17) is 4.42 Å². The summed E-state index contributed by atoms with van der Waals surface area (Å²) in [5, 5.41) is 3.73. The molecule has 1 fully saturated rings. The number of hydrogen-bond donors (Lipinski definition) is 1. The van der Waals surface area contributed by atoms with Crippen molar-refractivity contribution < 1.29 is 4.42 Å². The normalized spacial score (nSPS) is 25.8. The predicted molar refractivity (Wildman–Crippen MR) is 66.3 cm³/mol. The molecule has 2 heteroatoms. The summed E-state index contributed by atoms with van der Waals surface area (Å²) in [7, 11) is 0. The van der Waals surface area contributed by atoms with Gasteiger partial charge in [-0.1, -0.05) is 20.8 Å². The lowest BCUT2D eigenvalue weighted by Crippen LogP contribution is -2.31. The lowest BCUT2D eigenvalue weighted by molar-refractivity contribution is 0.331. The van der Waals surface area contributed by atoms with Crippen LogP contribution in [0, 0.1) is 5.41 Å². The van der Waals surface area contributed by atoms with E-state index in [1.807, 2.05) is 6.07 Å². The molecule has 0 aliphatic heterocycles. The molecule has 2 rings (SSSR count). The summed E-state index contributed by atoms with van der Waals surface area (Å²) in [6, 6.07) is 5.08. The Morgan fingerprint density at radius 1 is 1.56 bits per heavy atom. The minimum atomic E-state index is 0.383. The Kier molecular flexibility index (Phi) is 3.38. The van der Waals surface area contributed by atoms with Crippen LogP contribution in [0.3, 0.4) is 0 Å². The van der Waals surface area contributed by atoms with Gasteiger partial charge in [0, 0.05) is 6.04 Å². The molecule has 2 nitrogen and oxygen atoms in total. The fourth-order valence-electron chi connectivity index (χ4n) is 2.75. The molecule has 2 unspecified atom stereocenters. The Balaban J connectivity index is 1.93. The molecule has 0 aromatic carbocycles. The second-order valence-electron chi connectivity index (χ2n) is 5.75. The average Bonchev–Trinajstić information content (AvgIpc) is 2.84. The van der Waals surface area contributed by atoms with Gasteiger partial charge in [0.2, 0.25) is 0 Å². The molecular formula is C14H23NO. The highest BCUT2D eigenvalue weighted by Crippen LogP contribution is 2.38. The van der Waals surface area contributed by atoms with Gasteiger partial charge in [-0.15, -0.1) is 0 Å². The molecule has 1 aliphatic carbocycles. The monoisotopic (exact) mass is 221 g/mol. The van der Waals surface area contributed by atoms with Gasteiger partial charge in [0.1, 0.15) is 5.76 Å². The number of rotatable bonds is 4. The Hall–Kier alpha value is -0.760. The van der Waals surface area contributed by atoms with Gasteiger partial charge < -0.3 is 9.73 Å². The third-order valence-electron chi connectivity index (χ3n) is 3.70. The van der Waals surface area contributed by atoms with E-state index in [0.29, 0.717) is 17.5 Å². The Bertz CT molecular complexity index is 315. The first-order valence-corrected chi connectivity index (χ1v) is 6.40. The zero-order valence-corrected chi connectivity index (χ0v) is 10.6. The molecule has 1 aromatic rings. The zero-order chi connectivity index (χ0) is 11.6. The van der Waals surface area contributed by atoms with Crippen molar-refractivity contribution >= 4 is 0 Å². The molecule has 2 atom stereocenters. The highest BCUT2D eigenvalue weighted by molar-refractivity contribution is 5.05. The van der Waals surface area contributed by atoms with Gasteiger partial charge in [-0.3, -0.25) is 0 Å². The molecule has 0 spiro atoms. The van der Waals surface area contributed by atoms with Crippen molar-refractivity contribution in [2.75, 3.05) is 0 Å². The van der Waals surface area contributed by atoms with Crippen molar-refractivity contribution in [1.82, 2.24) is 5.32 Å². The molecule has 0 bridgehead atoms. The van der Waals surface area contributed by atoms with Crippen LogP contribution in [0.25, 0.3) is 0 Å². The highest BCUT2D eigenvalue weighted by Gasteiger charge is 2.32. The van der Waals surface area contributed by atoms with E-state index in [2.05, 4.69) is 32.2 Å². The van der Waals surface area contributed by atoms with Crippen LogP contribution in [-0.2, 0) is 0 Å². The van der Waals surface area contributed by atoms with Crippen LogP contribution >= 0.6 is 0 Å². The summed E-state index contributed by atoms with van der Waals surface area (Å²) in [6.45, 7) is 6.94. The van der Waals surface area contributed by atoms with Gasteiger partial charge in [0.25, 0.3) is 0 Å². The van der Waals surface area contributed by atoms with Crippen molar-refractivity contribution in [2.45, 2.75) is 58.5 Å². The quantitative estimate of drug-likeness (QED) is 0.834. The fraction of sp³-hybridized carbons (Fsp3) is 0.714. The number of hydrogen-bond acceptors (Lipinski definition) is 2. The van der Waals surface area contributed by atoms with Gasteiger partial charge in [0.15, 0.2) is 0 Å². The van der Waals surface area contributed by atoms with Crippen LogP contribution in [0.2, 0.25) is 0 Å². The maximum Gasteiger partial charge on any atom is 0.120 e. The average molecular weight is 221 g/mol. The van der Waals surface area contributed by atoms with Crippen molar-refractivity contribution in [3.8, 4) is 0 Å². The zero-order valence-electron chi connectivity index (χ0n) is 10.6. The molecule has 16 heavy (non-hydrogen) atoms. The number of furan rings is 1. The van der Waals surface area contributed by atoms with E-state index in [0.717, 1.165) is 12.2 Å². The molecule has 1 aliphatic rings. The first-order chi connectivity index (χ1) is 7.61. The first-order valence-electron chi connectivity index (χ1n) is 6.40. The Morgan fingerprint density at radius 2 is 2.38 bits per heavy atom. The van der Waals surface area contributed by atoms with E-state index < -0.39 is 0 Å². The molecule has 0 radical (unpaired) electrons. The van der Waals surface area contributed by atoms with Gasteiger partial charge >= 0.3 is 0 Å². The Labute approximate surface area is 98.4 Å². The fourth-order valence-corrected chi connectivity index (χ4v) is 2.75. The van der Waals surface area contributed by atoms with Crippen molar-refractivity contribution in [1.29, 1.82) is 0 Å². The molecule has 0 saturated heterocycles. The highest BCUT2D eigenvalue weighted by atomic mass is 16.3. The molecule has 1 N–H and O–H groups in total. The van der Waals surface area contributed by atoms with Crippen LogP contribution in [0.1, 0.15) is 58.3 Å². The largest absolute Gasteiger partial charge is 0.468 e. The Morgan fingerprint density at radius 3 is 2.88 bits per heavy atom. The van der Waals surface area contributed by atoms with E-state index in [1.54, 1.807) is 6.26 Å². The summed E-state index contributed by atoms with van der Waals surface area (Å²) < 4.78 is 5.49. The molecular weight excluding hydrogens is 198 g/mol. The lowest BCUT2D eigenvalue weighted by Gasteiger charge is -2.22. The second kappa shape index (κ2) is 4.62. The summed E-state index contributed by atoms with van der Waals surface area (Å²) >= 11 is 0. The lowest BCUT2D eigenvalue weighted by atomic mass is 9.91. The van der Waals surface area contributed by atoms with E-state index >= 15 is 0 Å². The van der Waals surface area contributed by atoms with E-state index in [-0.39, 0.29) is 0 Å². The molecule has 1 aromatic heterocycles. The van der Waals surface area contributed by atoms with Gasteiger partial charge in [-0.05, 0) is 43.2 Å². The molecule has 1 saturated carbocycles. The maximum absolute atomic E-state index is 5.49. The van der Waals surface area contributed by atoms with E-state index in [9.17, 15) is 0 Å². The minimum absolute atomic E-state index is 0.383. The third-order valence-corrected chi connectivity index (χ3v) is 3.70. The van der Waals surface area contributed by atoms with Crippen LogP contribution in [0.15, 0.2) is 22.8 Å². The van der Waals surface area contributed by atoms with Crippen LogP contribution in [-0.4, -0.2) is 6.04 Å². The van der Waals surface area contributed by atoms with Crippen LogP contribution in [0.4, 0.5) is 0 Å². The predicted octanol–water partition coefficient (Wildman–Crippen LogP) is 3.90. The van der Waals surface area contributed by atoms with Crippen molar-refractivity contribution in [2.24, 2.45) is 5.41 Å². The maximum atomic E-state index is 5.49. The minimum Gasteiger partial charge on any atom is -0.468 e. The smallest absolute Gasteiger partial charge is 0.120 e. The van der Waals surface area contributed by atoms with Gasteiger partial charge in [-0.25, -0.2) is 0 Å². The topological polar surface area (TPSA) is 25.2 Å². The van der Waals surface area contributed by atoms with Crippen LogP contribution < -0.4 is 5.32 Å². The summed E-state index contributed by atoms with van der Waals surface area (Å²) in [6.07, 6.45) is 6.76.